The van der Waals surface area contributed by atoms with E-state index in [1.54, 1.807) is 0 Å². The van der Waals surface area contributed by atoms with Gasteiger partial charge in [-0.05, 0) is 56.9 Å². The van der Waals surface area contributed by atoms with Crippen molar-refractivity contribution in [2.45, 2.75) is 53.1 Å². The maximum absolute atomic E-state index is 10.6. The second-order valence-corrected chi connectivity index (χ2v) is 6.25. The Hall–Kier alpha value is -0.890. The lowest BCUT2D eigenvalue weighted by atomic mass is 9.73. The smallest absolute Gasteiger partial charge is 0.0835 e. The van der Waals surface area contributed by atoms with E-state index in [2.05, 4.69) is 18.8 Å². The van der Waals surface area contributed by atoms with Crippen LogP contribution in [0.4, 0.5) is 0 Å². The van der Waals surface area contributed by atoms with E-state index in [9.17, 15) is 5.11 Å². The van der Waals surface area contributed by atoms with Crippen molar-refractivity contribution >= 4 is 0 Å². The van der Waals surface area contributed by atoms with Crippen molar-refractivity contribution in [1.82, 2.24) is 4.98 Å². The van der Waals surface area contributed by atoms with Crippen LogP contribution in [-0.2, 0) is 0 Å². The molecule has 2 nitrogen and oxygen atoms in total. The molecule has 1 heterocycles. The van der Waals surface area contributed by atoms with E-state index >= 15 is 0 Å². The van der Waals surface area contributed by atoms with Crippen molar-refractivity contribution < 1.29 is 5.11 Å². The summed E-state index contributed by atoms with van der Waals surface area (Å²) in [6.45, 7) is 8.60. The van der Waals surface area contributed by atoms with Crippen LogP contribution in [0.3, 0.4) is 0 Å². The molecule has 0 amide bonds. The molecule has 3 unspecified atom stereocenters. The van der Waals surface area contributed by atoms with Gasteiger partial charge in [0.1, 0.15) is 0 Å². The van der Waals surface area contributed by atoms with Crippen LogP contribution in [0.1, 0.15) is 56.2 Å². The lowest BCUT2D eigenvalue weighted by molar-refractivity contribution is 0.0544. The number of pyridine rings is 1. The predicted molar refractivity (Wildman–Crippen MR) is 74.3 cm³/mol. The number of rotatable bonds is 2. The molecule has 0 aromatic carbocycles. The zero-order chi connectivity index (χ0) is 13.3. The first-order valence-electron chi connectivity index (χ1n) is 7.09. The third-order valence-electron chi connectivity index (χ3n) is 4.25. The quantitative estimate of drug-likeness (QED) is 0.862. The monoisotopic (exact) mass is 247 g/mol. The first-order chi connectivity index (χ1) is 8.47. The van der Waals surface area contributed by atoms with Gasteiger partial charge in [-0.2, -0.15) is 0 Å². The number of aromatic nitrogens is 1. The Morgan fingerprint density at radius 2 is 1.72 bits per heavy atom. The molecular formula is C16H25NO. The van der Waals surface area contributed by atoms with Crippen molar-refractivity contribution in [2.24, 2.45) is 17.8 Å². The van der Waals surface area contributed by atoms with Gasteiger partial charge in [0, 0.05) is 17.0 Å². The Balaban J connectivity index is 2.17. The molecule has 2 rings (SSSR count). The number of aryl methyl sites for hydroxylation is 2. The molecule has 1 aromatic heterocycles. The molecule has 1 aromatic rings. The second kappa shape index (κ2) is 5.40. The molecule has 0 aliphatic heterocycles. The fraction of sp³-hybridized carbons (Fsp3) is 0.688. The summed E-state index contributed by atoms with van der Waals surface area (Å²) in [7, 11) is 0. The highest BCUT2D eigenvalue weighted by molar-refractivity contribution is 5.24. The van der Waals surface area contributed by atoms with Gasteiger partial charge in [0.15, 0.2) is 0 Å². The van der Waals surface area contributed by atoms with E-state index in [1.165, 1.54) is 6.42 Å². The molecule has 18 heavy (non-hydrogen) atoms. The highest BCUT2D eigenvalue weighted by atomic mass is 16.3. The first-order valence-corrected chi connectivity index (χ1v) is 7.09. The van der Waals surface area contributed by atoms with Crippen molar-refractivity contribution in [3.63, 3.8) is 0 Å². The van der Waals surface area contributed by atoms with E-state index in [1.807, 2.05) is 26.0 Å². The molecule has 100 valence electrons. The van der Waals surface area contributed by atoms with Crippen LogP contribution < -0.4 is 0 Å². The Morgan fingerprint density at radius 3 is 2.28 bits per heavy atom. The third kappa shape index (κ3) is 2.92. The SMILES string of the molecule is Cc1ccc(C(O)C2CC(C)CC(C)C2)c(C)n1. The minimum atomic E-state index is -0.344. The van der Waals surface area contributed by atoms with Crippen LogP contribution in [0.5, 0.6) is 0 Å². The van der Waals surface area contributed by atoms with Gasteiger partial charge in [0.05, 0.1) is 6.10 Å². The number of hydrogen-bond acceptors (Lipinski definition) is 2. The molecule has 2 heteroatoms. The van der Waals surface area contributed by atoms with E-state index in [4.69, 9.17) is 0 Å². The van der Waals surface area contributed by atoms with Gasteiger partial charge in [-0.1, -0.05) is 19.9 Å². The average molecular weight is 247 g/mol. The number of nitrogens with zero attached hydrogens (tertiary/aromatic N) is 1. The van der Waals surface area contributed by atoms with Gasteiger partial charge in [0.2, 0.25) is 0 Å². The Kier molecular flexibility index (Phi) is 4.06. The van der Waals surface area contributed by atoms with Crippen LogP contribution in [0.2, 0.25) is 0 Å². The van der Waals surface area contributed by atoms with E-state index in [0.29, 0.717) is 5.92 Å². The fourth-order valence-electron chi connectivity index (χ4n) is 3.53. The van der Waals surface area contributed by atoms with Gasteiger partial charge < -0.3 is 5.11 Å². The van der Waals surface area contributed by atoms with E-state index < -0.39 is 0 Å². The maximum Gasteiger partial charge on any atom is 0.0835 e. The van der Waals surface area contributed by atoms with Crippen LogP contribution in [0.25, 0.3) is 0 Å². The standard InChI is InChI=1S/C16H25NO/c1-10-7-11(2)9-14(8-10)16(18)15-6-5-12(3)17-13(15)4/h5-6,10-11,14,16,18H,7-9H2,1-4H3. The number of aliphatic hydroxyl groups is 1. The minimum absolute atomic E-state index is 0.344. The summed E-state index contributed by atoms with van der Waals surface area (Å²) in [5.74, 6) is 1.85. The second-order valence-electron chi connectivity index (χ2n) is 6.25. The third-order valence-corrected chi connectivity index (χ3v) is 4.25. The molecule has 1 aliphatic rings. The molecule has 0 spiro atoms. The fourth-order valence-corrected chi connectivity index (χ4v) is 3.53. The van der Waals surface area contributed by atoms with Gasteiger partial charge in [0.25, 0.3) is 0 Å². The van der Waals surface area contributed by atoms with Crippen molar-refractivity contribution in [3.05, 3.63) is 29.1 Å². The van der Waals surface area contributed by atoms with Crippen molar-refractivity contribution in [3.8, 4) is 0 Å². The summed E-state index contributed by atoms with van der Waals surface area (Å²) in [6.07, 6.45) is 3.23. The van der Waals surface area contributed by atoms with Gasteiger partial charge in [-0.25, -0.2) is 0 Å². The zero-order valence-electron chi connectivity index (χ0n) is 12.0. The Labute approximate surface area is 110 Å². The summed E-state index contributed by atoms with van der Waals surface area (Å²) in [5, 5.41) is 10.6. The predicted octanol–water partition coefficient (Wildman–Crippen LogP) is 3.80. The normalized spacial score (nSPS) is 30.2. The molecule has 0 radical (unpaired) electrons. The molecule has 1 saturated carbocycles. The van der Waals surface area contributed by atoms with E-state index in [-0.39, 0.29) is 6.10 Å². The van der Waals surface area contributed by atoms with Gasteiger partial charge >= 0.3 is 0 Å². The molecule has 3 atom stereocenters. The number of aliphatic hydroxyl groups excluding tert-OH is 1. The molecule has 1 N–H and O–H groups in total. The molecule has 1 aliphatic carbocycles. The Morgan fingerprint density at radius 1 is 1.11 bits per heavy atom. The lowest BCUT2D eigenvalue weighted by Crippen LogP contribution is -2.25. The largest absolute Gasteiger partial charge is 0.388 e. The molecule has 0 saturated heterocycles. The zero-order valence-corrected chi connectivity index (χ0v) is 12.0. The van der Waals surface area contributed by atoms with Crippen molar-refractivity contribution in [2.75, 3.05) is 0 Å². The molecular weight excluding hydrogens is 222 g/mol. The van der Waals surface area contributed by atoms with Crippen LogP contribution in [0.15, 0.2) is 12.1 Å². The van der Waals surface area contributed by atoms with E-state index in [0.717, 1.165) is 41.6 Å². The summed E-state index contributed by atoms with van der Waals surface area (Å²) in [5.41, 5.74) is 3.02. The highest BCUT2D eigenvalue weighted by Crippen LogP contribution is 2.40. The van der Waals surface area contributed by atoms with Crippen LogP contribution in [0, 0.1) is 31.6 Å². The summed E-state index contributed by atoms with van der Waals surface area (Å²) < 4.78 is 0. The summed E-state index contributed by atoms with van der Waals surface area (Å²) >= 11 is 0. The molecule has 1 fully saturated rings. The van der Waals surface area contributed by atoms with Gasteiger partial charge in [-0.3, -0.25) is 4.98 Å². The van der Waals surface area contributed by atoms with Crippen LogP contribution in [-0.4, -0.2) is 10.1 Å². The topological polar surface area (TPSA) is 33.1 Å². The summed E-state index contributed by atoms with van der Waals surface area (Å²) in [4.78, 5) is 4.47. The maximum atomic E-state index is 10.6. The molecule has 0 bridgehead atoms. The van der Waals surface area contributed by atoms with Gasteiger partial charge in [-0.15, -0.1) is 0 Å². The number of hydrogen-bond donors (Lipinski definition) is 1. The average Bonchev–Trinajstić information content (AvgIpc) is 2.26. The highest BCUT2D eigenvalue weighted by Gasteiger charge is 2.30. The summed E-state index contributed by atoms with van der Waals surface area (Å²) in [6, 6.07) is 4.05. The Bertz CT molecular complexity index is 406. The first kappa shape index (κ1) is 13.5. The van der Waals surface area contributed by atoms with Crippen LogP contribution >= 0.6 is 0 Å². The van der Waals surface area contributed by atoms with Crippen molar-refractivity contribution in [1.29, 1.82) is 0 Å². The minimum Gasteiger partial charge on any atom is -0.388 e. The lowest BCUT2D eigenvalue weighted by Gasteiger charge is -2.34.